The molecule has 108 valence electrons. The SMILES string of the molecule is Cc1cc(C(O)Cc2cccc(C(F)(F)F)c2)c(C)s1. The van der Waals surface area contributed by atoms with Gasteiger partial charge in [-0.1, -0.05) is 18.2 Å². The topological polar surface area (TPSA) is 20.2 Å². The largest absolute Gasteiger partial charge is 0.416 e. The van der Waals surface area contributed by atoms with Crippen molar-refractivity contribution in [2.75, 3.05) is 0 Å². The standard InChI is InChI=1S/C15H15F3OS/c1-9-6-13(10(2)20-9)14(19)8-11-4-3-5-12(7-11)15(16,17)18/h3-7,14,19H,8H2,1-2H3. The number of aryl methyl sites for hydroxylation is 2. The molecule has 0 aliphatic carbocycles. The van der Waals surface area contributed by atoms with Crippen molar-refractivity contribution in [3.63, 3.8) is 0 Å². The molecular weight excluding hydrogens is 285 g/mol. The maximum absolute atomic E-state index is 12.6. The van der Waals surface area contributed by atoms with Crippen LogP contribution in [0, 0.1) is 13.8 Å². The average molecular weight is 300 g/mol. The second-order valence-corrected chi connectivity index (χ2v) is 6.25. The second kappa shape index (κ2) is 5.58. The fourth-order valence-electron chi connectivity index (χ4n) is 2.19. The molecule has 1 nitrogen and oxygen atoms in total. The van der Waals surface area contributed by atoms with E-state index >= 15 is 0 Å². The first-order valence-electron chi connectivity index (χ1n) is 6.18. The van der Waals surface area contributed by atoms with Gasteiger partial charge in [-0.05, 0) is 37.1 Å². The van der Waals surface area contributed by atoms with Gasteiger partial charge in [0, 0.05) is 16.2 Å². The monoisotopic (exact) mass is 300 g/mol. The highest BCUT2D eigenvalue weighted by Crippen LogP contribution is 2.32. The van der Waals surface area contributed by atoms with E-state index < -0.39 is 17.8 Å². The fraction of sp³-hybridized carbons (Fsp3) is 0.333. The number of alkyl halides is 3. The summed E-state index contributed by atoms with van der Waals surface area (Å²) < 4.78 is 37.9. The molecule has 0 fully saturated rings. The lowest BCUT2D eigenvalue weighted by Gasteiger charge is -2.12. The summed E-state index contributed by atoms with van der Waals surface area (Å²) >= 11 is 1.58. The molecule has 1 aromatic heterocycles. The normalized spacial score (nSPS) is 13.5. The highest BCUT2D eigenvalue weighted by Gasteiger charge is 2.30. The van der Waals surface area contributed by atoms with Crippen molar-refractivity contribution in [1.29, 1.82) is 0 Å². The molecule has 1 atom stereocenters. The van der Waals surface area contributed by atoms with Gasteiger partial charge in [0.05, 0.1) is 11.7 Å². The highest BCUT2D eigenvalue weighted by molar-refractivity contribution is 7.12. The third kappa shape index (κ3) is 3.41. The number of hydrogen-bond acceptors (Lipinski definition) is 2. The molecule has 0 radical (unpaired) electrons. The maximum atomic E-state index is 12.6. The summed E-state index contributed by atoms with van der Waals surface area (Å²) in [4.78, 5) is 2.09. The van der Waals surface area contributed by atoms with Crippen molar-refractivity contribution in [3.8, 4) is 0 Å². The summed E-state index contributed by atoms with van der Waals surface area (Å²) in [5, 5.41) is 10.2. The molecule has 1 N–H and O–H groups in total. The van der Waals surface area contributed by atoms with Crippen LogP contribution in [0.2, 0.25) is 0 Å². The molecule has 0 saturated heterocycles. The van der Waals surface area contributed by atoms with E-state index in [1.54, 1.807) is 17.4 Å². The van der Waals surface area contributed by atoms with E-state index in [0.29, 0.717) is 5.56 Å². The Kier molecular flexibility index (Phi) is 4.20. The minimum atomic E-state index is -4.35. The van der Waals surface area contributed by atoms with Crippen LogP contribution in [0.3, 0.4) is 0 Å². The molecule has 2 rings (SSSR count). The van der Waals surface area contributed by atoms with Crippen molar-refractivity contribution in [1.82, 2.24) is 0 Å². The van der Waals surface area contributed by atoms with E-state index in [1.807, 2.05) is 19.9 Å². The summed E-state index contributed by atoms with van der Waals surface area (Å²) in [6, 6.07) is 7.00. The fourth-order valence-corrected chi connectivity index (χ4v) is 3.17. The van der Waals surface area contributed by atoms with Crippen molar-refractivity contribution >= 4 is 11.3 Å². The van der Waals surface area contributed by atoms with Crippen LogP contribution in [0.25, 0.3) is 0 Å². The second-order valence-electron chi connectivity index (χ2n) is 4.79. The summed E-state index contributed by atoms with van der Waals surface area (Å²) in [6.45, 7) is 3.85. The number of halogens is 3. The number of thiophene rings is 1. The van der Waals surface area contributed by atoms with Crippen LogP contribution >= 0.6 is 11.3 Å². The Morgan fingerprint density at radius 2 is 1.90 bits per heavy atom. The number of rotatable bonds is 3. The van der Waals surface area contributed by atoms with E-state index in [9.17, 15) is 18.3 Å². The van der Waals surface area contributed by atoms with E-state index in [0.717, 1.165) is 27.5 Å². The van der Waals surface area contributed by atoms with Gasteiger partial charge in [0.15, 0.2) is 0 Å². The molecule has 5 heteroatoms. The summed E-state index contributed by atoms with van der Waals surface area (Å²) in [5.41, 5.74) is 0.598. The average Bonchev–Trinajstić information content (AvgIpc) is 2.68. The lowest BCUT2D eigenvalue weighted by atomic mass is 10.00. The molecule has 0 aliphatic heterocycles. The molecule has 20 heavy (non-hydrogen) atoms. The molecule has 1 aromatic carbocycles. The Balaban J connectivity index is 2.20. The molecule has 1 heterocycles. The molecule has 0 spiro atoms. The number of benzene rings is 1. The van der Waals surface area contributed by atoms with Gasteiger partial charge in [-0.25, -0.2) is 0 Å². The van der Waals surface area contributed by atoms with Crippen LogP contribution in [0.15, 0.2) is 30.3 Å². The van der Waals surface area contributed by atoms with Crippen molar-refractivity contribution in [2.45, 2.75) is 32.5 Å². The zero-order chi connectivity index (χ0) is 14.9. The molecule has 0 amide bonds. The van der Waals surface area contributed by atoms with Crippen LogP contribution in [0.1, 0.15) is 32.5 Å². The van der Waals surface area contributed by atoms with Crippen LogP contribution in [-0.4, -0.2) is 5.11 Å². The Hall–Kier alpha value is -1.33. The molecular formula is C15H15F3OS. The first-order chi connectivity index (χ1) is 9.27. The van der Waals surface area contributed by atoms with Gasteiger partial charge in [-0.3, -0.25) is 0 Å². The van der Waals surface area contributed by atoms with Gasteiger partial charge in [-0.15, -0.1) is 11.3 Å². The van der Waals surface area contributed by atoms with Crippen molar-refractivity contribution in [3.05, 3.63) is 56.8 Å². The van der Waals surface area contributed by atoms with Gasteiger partial charge in [0.25, 0.3) is 0 Å². The molecule has 2 aromatic rings. The lowest BCUT2D eigenvalue weighted by Crippen LogP contribution is -2.07. The zero-order valence-corrected chi connectivity index (χ0v) is 12.0. The smallest absolute Gasteiger partial charge is 0.388 e. The summed E-state index contributed by atoms with van der Waals surface area (Å²) in [6.07, 6.45) is -4.94. The first-order valence-corrected chi connectivity index (χ1v) is 7.00. The van der Waals surface area contributed by atoms with Gasteiger partial charge in [0.2, 0.25) is 0 Å². The number of aliphatic hydroxyl groups excluding tert-OH is 1. The number of hydrogen-bond donors (Lipinski definition) is 1. The summed E-state index contributed by atoms with van der Waals surface area (Å²) in [7, 11) is 0. The molecule has 0 aliphatic rings. The van der Waals surface area contributed by atoms with Gasteiger partial charge < -0.3 is 5.11 Å². The van der Waals surface area contributed by atoms with Crippen LogP contribution in [0.5, 0.6) is 0 Å². The third-order valence-electron chi connectivity index (χ3n) is 3.12. The lowest BCUT2D eigenvalue weighted by molar-refractivity contribution is -0.137. The number of aliphatic hydroxyl groups is 1. The zero-order valence-electron chi connectivity index (χ0n) is 11.2. The molecule has 0 bridgehead atoms. The Morgan fingerprint density at radius 3 is 2.45 bits per heavy atom. The third-order valence-corrected chi connectivity index (χ3v) is 4.10. The van der Waals surface area contributed by atoms with Crippen LogP contribution in [0.4, 0.5) is 13.2 Å². The van der Waals surface area contributed by atoms with E-state index in [-0.39, 0.29) is 6.42 Å². The van der Waals surface area contributed by atoms with E-state index in [4.69, 9.17) is 0 Å². The molecule has 1 unspecified atom stereocenters. The minimum absolute atomic E-state index is 0.181. The molecule has 0 saturated carbocycles. The highest BCUT2D eigenvalue weighted by atomic mass is 32.1. The van der Waals surface area contributed by atoms with Gasteiger partial charge >= 0.3 is 6.18 Å². The predicted octanol–water partition coefficient (Wildman–Crippen LogP) is 4.66. The van der Waals surface area contributed by atoms with E-state index in [1.165, 1.54) is 6.07 Å². The van der Waals surface area contributed by atoms with Gasteiger partial charge in [-0.2, -0.15) is 13.2 Å². The summed E-state index contributed by atoms with van der Waals surface area (Å²) in [5.74, 6) is 0. The van der Waals surface area contributed by atoms with Crippen molar-refractivity contribution in [2.24, 2.45) is 0 Å². The predicted molar refractivity (Wildman–Crippen MR) is 73.9 cm³/mol. The quantitative estimate of drug-likeness (QED) is 0.874. The minimum Gasteiger partial charge on any atom is -0.388 e. The first kappa shape index (κ1) is 15.1. The maximum Gasteiger partial charge on any atom is 0.416 e. The van der Waals surface area contributed by atoms with Crippen molar-refractivity contribution < 1.29 is 18.3 Å². The Morgan fingerprint density at radius 1 is 1.20 bits per heavy atom. The van der Waals surface area contributed by atoms with Crippen LogP contribution < -0.4 is 0 Å². The Labute approximate surface area is 119 Å². The van der Waals surface area contributed by atoms with E-state index in [2.05, 4.69) is 0 Å². The van der Waals surface area contributed by atoms with Gasteiger partial charge in [0.1, 0.15) is 0 Å². The Bertz CT molecular complexity index is 601. The van der Waals surface area contributed by atoms with Crippen LogP contribution in [-0.2, 0) is 12.6 Å².